The van der Waals surface area contributed by atoms with Gasteiger partial charge in [0.2, 0.25) is 21.8 Å². The molecule has 3 rings (SSSR count). The van der Waals surface area contributed by atoms with Crippen molar-refractivity contribution in [2.24, 2.45) is 0 Å². The van der Waals surface area contributed by atoms with Gasteiger partial charge in [-0.2, -0.15) is 0 Å². The van der Waals surface area contributed by atoms with Crippen LogP contribution in [0, 0.1) is 5.82 Å². The van der Waals surface area contributed by atoms with E-state index >= 15 is 0 Å². The average Bonchev–Trinajstić information content (AvgIpc) is 2.92. The van der Waals surface area contributed by atoms with Crippen molar-refractivity contribution < 1.29 is 27.1 Å². The Morgan fingerprint density at radius 3 is 2.28 bits per heavy atom. The lowest BCUT2D eigenvalue weighted by Crippen LogP contribution is -2.53. The van der Waals surface area contributed by atoms with Crippen molar-refractivity contribution in [3.63, 3.8) is 0 Å². The van der Waals surface area contributed by atoms with Gasteiger partial charge in [0.1, 0.15) is 24.2 Å². The third-order valence-corrected chi connectivity index (χ3v) is 7.23. The fourth-order valence-electron chi connectivity index (χ4n) is 4.14. The molecule has 0 heterocycles. The minimum Gasteiger partial charge on any atom is -0.497 e. The van der Waals surface area contributed by atoms with Crippen LogP contribution in [0.25, 0.3) is 0 Å². The van der Waals surface area contributed by atoms with Crippen LogP contribution in [0.15, 0.2) is 78.9 Å². The predicted molar refractivity (Wildman–Crippen MR) is 149 cm³/mol. The van der Waals surface area contributed by atoms with Gasteiger partial charge in [-0.15, -0.1) is 0 Å². The third-order valence-electron chi connectivity index (χ3n) is 6.11. The van der Waals surface area contributed by atoms with E-state index in [9.17, 15) is 22.4 Å². The second kappa shape index (κ2) is 13.7. The molecule has 1 N–H and O–H groups in total. The van der Waals surface area contributed by atoms with Crippen LogP contribution in [0.4, 0.5) is 10.1 Å². The standard InChI is InChI=1S/C29H34FN3O5S/c1-4-17-31-29(35)27(19-22-11-6-5-7-12-22)32(20-23-13-10-14-24(18-23)38-2)28(34)21-33(39(3,36)37)26-16-9-8-15-25(26)30/h5-16,18,27H,4,17,19-21H2,1-3H3,(H,31,35)/t27-/m1/s1. The molecule has 8 nitrogen and oxygen atoms in total. The first-order chi connectivity index (χ1) is 18.6. The Balaban J connectivity index is 2.06. The molecule has 3 aromatic carbocycles. The summed E-state index contributed by atoms with van der Waals surface area (Å²) < 4.78 is 46.1. The van der Waals surface area contributed by atoms with E-state index in [-0.39, 0.29) is 24.6 Å². The summed E-state index contributed by atoms with van der Waals surface area (Å²) in [6.45, 7) is 1.65. The van der Waals surface area contributed by atoms with Gasteiger partial charge in [-0.3, -0.25) is 13.9 Å². The number of anilines is 1. The number of para-hydroxylation sites is 1. The van der Waals surface area contributed by atoms with Gasteiger partial charge in [-0.25, -0.2) is 12.8 Å². The monoisotopic (exact) mass is 555 g/mol. The Morgan fingerprint density at radius 1 is 0.974 bits per heavy atom. The Labute approximate surface area is 229 Å². The Kier molecular flexibility index (Phi) is 10.4. The van der Waals surface area contributed by atoms with Crippen LogP contribution in [0.5, 0.6) is 5.75 Å². The van der Waals surface area contributed by atoms with Gasteiger partial charge >= 0.3 is 0 Å². The van der Waals surface area contributed by atoms with E-state index in [0.29, 0.717) is 24.3 Å². The molecule has 0 fully saturated rings. The number of benzene rings is 3. The number of hydrogen-bond donors (Lipinski definition) is 1. The lowest BCUT2D eigenvalue weighted by atomic mass is 10.0. The van der Waals surface area contributed by atoms with Crippen LogP contribution in [-0.2, 0) is 32.6 Å². The van der Waals surface area contributed by atoms with E-state index in [0.717, 1.165) is 22.2 Å². The molecule has 0 aliphatic rings. The topological polar surface area (TPSA) is 96.0 Å². The number of carbonyl (C=O) groups excluding carboxylic acids is 2. The van der Waals surface area contributed by atoms with Gasteiger partial charge in [-0.1, -0.05) is 61.5 Å². The summed E-state index contributed by atoms with van der Waals surface area (Å²) in [5.74, 6) is -1.23. The van der Waals surface area contributed by atoms with E-state index < -0.39 is 34.3 Å². The quantitative estimate of drug-likeness (QED) is 0.347. The molecule has 1 atom stereocenters. The molecule has 0 unspecified atom stereocenters. The summed E-state index contributed by atoms with van der Waals surface area (Å²) in [6.07, 6.45) is 1.81. The molecule has 2 amide bonds. The summed E-state index contributed by atoms with van der Waals surface area (Å²) in [5, 5.41) is 2.87. The molecular formula is C29H34FN3O5S. The first-order valence-corrected chi connectivity index (χ1v) is 14.4. The minimum atomic E-state index is -4.05. The average molecular weight is 556 g/mol. The molecule has 0 aliphatic carbocycles. The van der Waals surface area contributed by atoms with Gasteiger partial charge in [-0.05, 0) is 41.8 Å². The summed E-state index contributed by atoms with van der Waals surface area (Å²) in [7, 11) is -2.52. The maximum absolute atomic E-state index is 14.7. The van der Waals surface area contributed by atoms with Crippen LogP contribution in [-0.4, -0.2) is 57.6 Å². The number of halogens is 1. The smallest absolute Gasteiger partial charge is 0.244 e. The van der Waals surface area contributed by atoms with Crippen molar-refractivity contribution in [3.05, 3.63) is 95.8 Å². The van der Waals surface area contributed by atoms with E-state index in [4.69, 9.17) is 4.74 Å². The number of nitrogens with zero attached hydrogens (tertiary/aromatic N) is 2. The summed E-state index contributed by atoms with van der Waals surface area (Å²) in [5.41, 5.74) is 1.26. The largest absolute Gasteiger partial charge is 0.497 e. The van der Waals surface area contributed by atoms with Crippen LogP contribution in [0.1, 0.15) is 24.5 Å². The molecule has 10 heteroatoms. The maximum Gasteiger partial charge on any atom is 0.244 e. The molecule has 0 aliphatic heterocycles. The molecule has 0 saturated carbocycles. The number of nitrogens with one attached hydrogen (secondary N) is 1. The molecule has 0 radical (unpaired) electrons. The molecule has 3 aromatic rings. The van der Waals surface area contributed by atoms with Gasteiger partial charge in [0.25, 0.3) is 0 Å². The first kappa shape index (κ1) is 29.6. The van der Waals surface area contributed by atoms with Crippen molar-refractivity contribution in [1.82, 2.24) is 10.2 Å². The fraction of sp³-hybridized carbons (Fsp3) is 0.310. The number of methoxy groups -OCH3 is 1. The highest BCUT2D eigenvalue weighted by Gasteiger charge is 2.33. The number of amides is 2. The number of carbonyl (C=O) groups is 2. The van der Waals surface area contributed by atoms with Crippen molar-refractivity contribution in [2.75, 3.05) is 30.8 Å². The highest BCUT2D eigenvalue weighted by Crippen LogP contribution is 2.23. The molecule has 39 heavy (non-hydrogen) atoms. The predicted octanol–water partition coefficient (Wildman–Crippen LogP) is 3.77. The van der Waals surface area contributed by atoms with Crippen LogP contribution in [0.2, 0.25) is 0 Å². The number of hydrogen-bond acceptors (Lipinski definition) is 5. The second-order valence-electron chi connectivity index (χ2n) is 9.09. The van der Waals surface area contributed by atoms with Gasteiger partial charge in [0, 0.05) is 19.5 Å². The Hall–Kier alpha value is -3.92. The van der Waals surface area contributed by atoms with Gasteiger partial charge < -0.3 is 15.0 Å². The van der Waals surface area contributed by atoms with Crippen LogP contribution >= 0.6 is 0 Å². The molecule has 0 bridgehead atoms. The maximum atomic E-state index is 14.7. The highest BCUT2D eigenvalue weighted by atomic mass is 32.2. The SMILES string of the molecule is CCCNC(=O)[C@@H](Cc1ccccc1)N(Cc1cccc(OC)c1)C(=O)CN(c1ccccc1F)S(C)(=O)=O. The Bertz CT molecular complexity index is 1370. The number of ether oxygens (including phenoxy) is 1. The van der Waals surface area contributed by atoms with Crippen molar-refractivity contribution in [2.45, 2.75) is 32.4 Å². The first-order valence-electron chi connectivity index (χ1n) is 12.6. The van der Waals surface area contributed by atoms with Crippen LogP contribution in [0.3, 0.4) is 0 Å². The normalized spacial score (nSPS) is 11.9. The molecule has 0 spiro atoms. The Morgan fingerprint density at radius 2 is 1.64 bits per heavy atom. The number of rotatable bonds is 13. The zero-order valence-electron chi connectivity index (χ0n) is 22.3. The van der Waals surface area contributed by atoms with Crippen molar-refractivity contribution in [3.8, 4) is 5.75 Å². The fourth-order valence-corrected chi connectivity index (χ4v) is 4.99. The zero-order valence-corrected chi connectivity index (χ0v) is 23.2. The lowest BCUT2D eigenvalue weighted by Gasteiger charge is -2.33. The van der Waals surface area contributed by atoms with E-state index in [2.05, 4.69) is 5.32 Å². The molecule has 0 saturated heterocycles. The lowest BCUT2D eigenvalue weighted by molar-refractivity contribution is -0.140. The van der Waals surface area contributed by atoms with E-state index in [1.54, 1.807) is 24.3 Å². The van der Waals surface area contributed by atoms with E-state index in [1.165, 1.54) is 30.2 Å². The van der Waals surface area contributed by atoms with E-state index in [1.807, 2.05) is 37.3 Å². The third kappa shape index (κ3) is 8.28. The highest BCUT2D eigenvalue weighted by molar-refractivity contribution is 7.92. The molecule has 0 aromatic heterocycles. The van der Waals surface area contributed by atoms with Crippen LogP contribution < -0.4 is 14.4 Å². The second-order valence-corrected chi connectivity index (χ2v) is 11.0. The summed E-state index contributed by atoms with van der Waals surface area (Å²) in [4.78, 5) is 28.7. The van der Waals surface area contributed by atoms with Crippen molar-refractivity contribution in [1.29, 1.82) is 0 Å². The van der Waals surface area contributed by atoms with Gasteiger partial charge in [0.05, 0.1) is 19.1 Å². The molecule has 208 valence electrons. The minimum absolute atomic E-state index is 0.00194. The van der Waals surface area contributed by atoms with Crippen molar-refractivity contribution >= 4 is 27.5 Å². The van der Waals surface area contributed by atoms with Gasteiger partial charge in [0.15, 0.2) is 0 Å². The number of sulfonamides is 1. The zero-order chi connectivity index (χ0) is 28.4. The summed E-state index contributed by atoms with van der Waals surface area (Å²) in [6, 6.07) is 20.7. The summed E-state index contributed by atoms with van der Waals surface area (Å²) >= 11 is 0. The molecular weight excluding hydrogens is 521 g/mol.